The first-order valence-electron chi connectivity index (χ1n) is 7.59. The van der Waals surface area contributed by atoms with E-state index in [1.807, 2.05) is 24.3 Å². The summed E-state index contributed by atoms with van der Waals surface area (Å²) in [6, 6.07) is 16.0. The van der Waals surface area contributed by atoms with Gasteiger partial charge in [0.2, 0.25) is 0 Å². The Labute approximate surface area is 162 Å². The van der Waals surface area contributed by atoms with Gasteiger partial charge < -0.3 is 10.1 Å². The Balaban J connectivity index is 0.00000225. The third-order valence-corrected chi connectivity index (χ3v) is 4.64. The summed E-state index contributed by atoms with van der Waals surface area (Å²) in [6.45, 7) is 1.86. The lowest BCUT2D eigenvalue weighted by Crippen LogP contribution is -2.13. The average molecular weight is 398 g/mol. The van der Waals surface area contributed by atoms with Crippen LogP contribution in [-0.4, -0.2) is 0 Å². The largest absolute Gasteiger partial charge is 0.489 e. The zero-order valence-electron chi connectivity index (χ0n) is 13.4. The van der Waals surface area contributed by atoms with Gasteiger partial charge in [-0.2, -0.15) is 0 Å². The van der Waals surface area contributed by atoms with Crippen molar-refractivity contribution >= 4 is 35.3 Å². The normalized spacial score (nSPS) is 10.3. The van der Waals surface area contributed by atoms with E-state index in [-0.39, 0.29) is 18.2 Å². The Kier molecular flexibility index (Phi) is 7.72. The first kappa shape index (κ1) is 19.7. The number of nitrogens with one attached hydrogen (secondary N) is 1. The highest BCUT2D eigenvalue weighted by Crippen LogP contribution is 2.24. The highest BCUT2D eigenvalue weighted by Gasteiger charge is 2.06. The molecule has 3 rings (SSSR count). The topological polar surface area (TPSA) is 21.3 Å². The van der Waals surface area contributed by atoms with E-state index in [9.17, 15) is 4.39 Å². The minimum absolute atomic E-state index is 0. The summed E-state index contributed by atoms with van der Waals surface area (Å²) in [5, 5.41) is 6.14. The van der Waals surface area contributed by atoms with Gasteiger partial charge in [0.25, 0.3) is 0 Å². The summed E-state index contributed by atoms with van der Waals surface area (Å²) in [5.41, 5.74) is 1.92. The summed E-state index contributed by atoms with van der Waals surface area (Å²) >= 11 is 7.83. The number of hydrogen-bond donors (Lipinski definition) is 1. The molecule has 2 aromatic carbocycles. The summed E-state index contributed by atoms with van der Waals surface area (Å²) in [6.07, 6.45) is 0. The maximum absolute atomic E-state index is 13.0. The van der Waals surface area contributed by atoms with Gasteiger partial charge in [0.05, 0.1) is 0 Å². The van der Waals surface area contributed by atoms with Crippen LogP contribution >= 0.6 is 35.3 Å². The summed E-state index contributed by atoms with van der Waals surface area (Å²) < 4.78 is 18.8. The van der Waals surface area contributed by atoms with Crippen LogP contribution < -0.4 is 10.1 Å². The third kappa shape index (κ3) is 6.01. The SMILES string of the molecule is Cl.Fc1ccc(COc2ccc(Cl)cc2CNCc2cccs2)cc1. The van der Waals surface area contributed by atoms with Crippen molar-refractivity contribution in [1.82, 2.24) is 5.32 Å². The third-order valence-electron chi connectivity index (χ3n) is 3.52. The van der Waals surface area contributed by atoms with Gasteiger partial charge in [-0.1, -0.05) is 29.8 Å². The van der Waals surface area contributed by atoms with Crippen molar-refractivity contribution in [2.45, 2.75) is 19.7 Å². The second-order valence-corrected chi connectivity index (χ2v) is 6.82. The molecule has 6 heteroatoms. The van der Waals surface area contributed by atoms with E-state index in [1.54, 1.807) is 23.5 Å². The maximum Gasteiger partial charge on any atom is 0.124 e. The lowest BCUT2D eigenvalue weighted by atomic mass is 10.2. The molecular formula is C19H18Cl2FNOS. The van der Waals surface area contributed by atoms with Crippen LogP contribution in [0.4, 0.5) is 4.39 Å². The minimum Gasteiger partial charge on any atom is -0.489 e. The van der Waals surface area contributed by atoms with E-state index >= 15 is 0 Å². The summed E-state index contributed by atoms with van der Waals surface area (Å²) in [5.74, 6) is 0.533. The molecule has 0 saturated heterocycles. The van der Waals surface area contributed by atoms with E-state index in [0.29, 0.717) is 18.2 Å². The van der Waals surface area contributed by atoms with Crippen molar-refractivity contribution in [2.24, 2.45) is 0 Å². The van der Waals surface area contributed by atoms with Crippen LogP contribution in [0, 0.1) is 5.82 Å². The monoisotopic (exact) mass is 397 g/mol. The molecule has 0 saturated carbocycles. The van der Waals surface area contributed by atoms with Gasteiger partial charge in [0.1, 0.15) is 18.2 Å². The molecule has 2 nitrogen and oxygen atoms in total. The van der Waals surface area contributed by atoms with Crippen molar-refractivity contribution < 1.29 is 9.13 Å². The lowest BCUT2D eigenvalue weighted by molar-refractivity contribution is 0.302. The maximum atomic E-state index is 13.0. The van der Waals surface area contributed by atoms with Crippen LogP contribution in [0.15, 0.2) is 60.0 Å². The smallest absolute Gasteiger partial charge is 0.124 e. The predicted molar refractivity (Wildman–Crippen MR) is 104 cm³/mol. The Morgan fingerprint density at radius 1 is 1.04 bits per heavy atom. The van der Waals surface area contributed by atoms with Gasteiger partial charge in [0.15, 0.2) is 0 Å². The first-order valence-corrected chi connectivity index (χ1v) is 8.85. The molecule has 0 bridgehead atoms. The highest BCUT2D eigenvalue weighted by molar-refractivity contribution is 7.09. The molecule has 1 heterocycles. The minimum atomic E-state index is -0.247. The van der Waals surface area contributed by atoms with Crippen LogP contribution in [0.2, 0.25) is 5.02 Å². The van der Waals surface area contributed by atoms with Crippen LogP contribution in [0.5, 0.6) is 5.75 Å². The van der Waals surface area contributed by atoms with Crippen LogP contribution in [0.25, 0.3) is 0 Å². The van der Waals surface area contributed by atoms with E-state index in [1.165, 1.54) is 17.0 Å². The molecule has 25 heavy (non-hydrogen) atoms. The molecule has 0 radical (unpaired) electrons. The molecular weight excluding hydrogens is 380 g/mol. The number of thiophene rings is 1. The van der Waals surface area contributed by atoms with E-state index < -0.39 is 0 Å². The molecule has 0 unspecified atom stereocenters. The van der Waals surface area contributed by atoms with Gasteiger partial charge in [-0.15, -0.1) is 23.7 Å². The molecule has 1 N–H and O–H groups in total. The summed E-state index contributed by atoms with van der Waals surface area (Å²) in [4.78, 5) is 1.28. The standard InChI is InChI=1S/C19H17ClFNOS.ClH/c20-16-5-8-19(23-13-14-3-6-17(21)7-4-14)15(10-16)11-22-12-18-2-1-9-24-18;/h1-10,22H,11-13H2;1H. The quantitative estimate of drug-likeness (QED) is 0.541. The van der Waals surface area contributed by atoms with Gasteiger partial charge in [-0.3, -0.25) is 0 Å². The number of hydrogen-bond acceptors (Lipinski definition) is 3. The Bertz CT molecular complexity index is 779. The zero-order valence-corrected chi connectivity index (χ0v) is 15.8. The van der Waals surface area contributed by atoms with Gasteiger partial charge in [-0.05, 0) is 47.3 Å². The van der Waals surface area contributed by atoms with E-state index in [4.69, 9.17) is 16.3 Å². The van der Waals surface area contributed by atoms with Gasteiger partial charge in [0, 0.05) is 28.6 Å². The average Bonchev–Trinajstić information content (AvgIpc) is 3.09. The van der Waals surface area contributed by atoms with Crippen molar-refractivity contribution in [2.75, 3.05) is 0 Å². The molecule has 0 aliphatic heterocycles. The molecule has 0 aliphatic carbocycles. The van der Waals surface area contributed by atoms with Crippen molar-refractivity contribution in [3.05, 3.63) is 86.8 Å². The Hall–Kier alpha value is -1.59. The van der Waals surface area contributed by atoms with Crippen LogP contribution in [0.3, 0.4) is 0 Å². The molecule has 0 atom stereocenters. The summed E-state index contributed by atoms with van der Waals surface area (Å²) in [7, 11) is 0. The molecule has 1 aromatic heterocycles. The zero-order chi connectivity index (χ0) is 16.8. The van der Waals surface area contributed by atoms with Crippen molar-refractivity contribution in [3.8, 4) is 5.75 Å². The fraction of sp³-hybridized carbons (Fsp3) is 0.158. The molecule has 0 aliphatic rings. The highest BCUT2D eigenvalue weighted by atomic mass is 35.5. The molecule has 0 spiro atoms. The second kappa shape index (κ2) is 9.78. The number of rotatable bonds is 7. The van der Waals surface area contributed by atoms with E-state index in [0.717, 1.165) is 23.4 Å². The fourth-order valence-electron chi connectivity index (χ4n) is 2.30. The van der Waals surface area contributed by atoms with Crippen molar-refractivity contribution in [1.29, 1.82) is 0 Å². The Morgan fingerprint density at radius 3 is 2.56 bits per heavy atom. The predicted octanol–water partition coefficient (Wildman–Crippen LogP) is 5.83. The molecule has 0 fully saturated rings. The first-order chi connectivity index (χ1) is 11.7. The van der Waals surface area contributed by atoms with E-state index in [2.05, 4.69) is 16.8 Å². The fourth-order valence-corrected chi connectivity index (χ4v) is 3.17. The van der Waals surface area contributed by atoms with Gasteiger partial charge >= 0.3 is 0 Å². The second-order valence-electron chi connectivity index (χ2n) is 5.35. The lowest BCUT2D eigenvalue weighted by Gasteiger charge is -2.13. The van der Waals surface area contributed by atoms with Gasteiger partial charge in [-0.25, -0.2) is 4.39 Å². The van der Waals surface area contributed by atoms with Crippen LogP contribution in [-0.2, 0) is 19.7 Å². The van der Waals surface area contributed by atoms with Crippen LogP contribution in [0.1, 0.15) is 16.0 Å². The molecule has 3 aromatic rings. The molecule has 0 amide bonds. The number of benzene rings is 2. The number of halogens is 3. The molecule has 132 valence electrons. The number of ether oxygens (including phenoxy) is 1. The Morgan fingerprint density at radius 2 is 1.84 bits per heavy atom. The van der Waals surface area contributed by atoms with Crippen molar-refractivity contribution in [3.63, 3.8) is 0 Å².